The minimum absolute atomic E-state index is 0. The van der Waals surface area contributed by atoms with Gasteiger partial charge in [0, 0.05) is 19.7 Å². The number of nitrogens with zero attached hydrogens (tertiary/aromatic N) is 1. The zero-order chi connectivity index (χ0) is 19.0. The second kappa shape index (κ2) is 11.8. The molecule has 1 saturated heterocycles. The Bertz CT molecular complexity index is 622. The molecule has 154 valence electrons. The van der Waals surface area contributed by atoms with E-state index in [4.69, 9.17) is 25.8 Å². The van der Waals surface area contributed by atoms with Crippen molar-refractivity contribution in [2.45, 2.75) is 45.8 Å². The van der Waals surface area contributed by atoms with Crippen molar-refractivity contribution in [2.24, 2.45) is 4.99 Å². The fourth-order valence-corrected chi connectivity index (χ4v) is 3.20. The summed E-state index contributed by atoms with van der Waals surface area (Å²) in [6.07, 6.45) is 2.17. The van der Waals surface area contributed by atoms with Crippen LogP contribution in [0.3, 0.4) is 0 Å². The lowest BCUT2D eigenvalue weighted by atomic mass is 10.0. The molecule has 0 amide bonds. The molecule has 1 fully saturated rings. The third-order valence-corrected chi connectivity index (χ3v) is 4.55. The summed E-state index contributed by atoms with van der Waals surface area (Å²) in [5, 5.41) is 7.17. The maximum atomic E-state index is 6.33. The van der Waals surface area contributed by atoms with Gasteiger partial charge in [0.2, 0.25) is 0 Å². The van der Waals surface area contributed by atoms with Gasteiger partial charge in [0.15, 0.2) is 17.5 Å². The molecular weight excluding hydrogens is 481 g/mol. The Hall–Kier alpha value is -0.930. The molecule has 0 saturated carbocycles. The number of aliphatic imine (C=N–C) groups is 1. The zero-order valence-electron chi connectivity index (χ0n) is 16.6. The average Bonchev–Trinajstić information content (AvgIpc) is 3.06. The van der Waals surface area contributed by atoms with Crippen LogP contribution in [0.2, 0.25) is 5.02 Å². The first-order valence-electron chi connectivity index (χ1n) is 9.16. The quantitative estimate of drug-likeness (QED) is 0.314. The van der Waals surface area contributed by atoms with E-state index in [0.717, 1.165) is 44.1 Å². The van der Waals surface area contributed by atoms with Crippen molar-refractivity contribution in [3.63, 3.8) is 0 Å². The maximum absolute atomic E-state index is 6.33. The predicted molar refractivity (Wildman–Crippen MR) is 121 cm³/mol. The number of guanidine groups is 1. The van der Waals surface area contributed by atoms with Gasteiger partial charge < -0.3 is 24.8 Å². The first kappa shape index (κ1) is 24.1. The van der Waals surface area contributed by atoms with Gasteiger partial charge in [-0.3, -0.25) is 0 Å². The molecule has 2 N–H and O–H groups in total. The summed E-state index contributed by atoms with van der Waals surface area (Å²) in [7, 11) is 1.61. The van der Waals surface area contributed by atoms with Gasteiger partial charge in [0.05, 0.1) is 30.9 Å². The fraction of sp³-hybridized carbons (Fsp3) is 0.632. The number of benzene rings is 1. The van der Waals surface area contributed by atoms with Crippen molar-refractivity contribution < 1.29 is 14.2 Å². The smallest absolute Gasteiger partial charge is 0.191 e. The first-order chi connectivity index (χ1) is 12.5. The van der Waals surface area contributed by atoms with E-state index in [9.17, 15) is 0 Å². The van der Waals surface area contributed by atoms with Gasteiger partial charge in [-0.25, -0.2) is 4.99 Å². The highest BCUT2D eigenvalue weighted by Crippen LogP contribution is 2.36. The van der Waals surface area contributed by atoms with Crippen molar-refractivity contribution in [1.29, 1.82) is 0 Å². The number of rotatable bonds is 8. The van der Waals surface area contributed by atoms with E-state index in [1.54, 1.807) is 7.11 Å². The molecule has 1 unspecified atom stereocenters. The Morgan fingerprint density at radius 2 is 2.11 bits per heavy atom. The molecule has 0 spiro atoms. The SMILES string of the molecule is CCNC(=NCc1cc(Cl)c(OCC)c(OC)c1)NCC1(C)CCCO1.I. The van der Waals surface area contributed by atoms with Gasteiger partial charge in [0.25, 0.3) is 0 Å². The topological polar surface area (TPSA) is 64.1 Å². The van der Waals surface area contributed by atoms with E-state index in [0.29, 0.717) is 29.7 Å². The minimum Gasteiger partial charge on any atom is -0.493 e. The van der Waals surface area contributed by atoms with Crippen LogP contribution in [0.15, 0.2) is 17.1 Å². The van der Waals surface area contributed by atoms with E-state index >= 15 is 0 Å². The lowest BCUT2D eigenvalue weighted by Crippen LogP contribution is -2.45. The number of halogens is 2. The van der Waals surface area contributed by atoms with Crippen molar-refractivity contribution in [3.05, 3.63) is 22.7 Å². The van der Waals surface area contributed by atoms with Gasteiger partial charge in [0.1, 0.15) is 0 Å². The summed E-state index contributed by atoms with van der Waals surface area (Å²) in [5.41, 5.74) is 0.831. The fourth-order valence-electron chi connectivity index (χ4n) is 2.91. The summed E-state index contributed by atoms with van der Waals surface area (Å²) in [4.78, 5) is 4.65. The third-order valence-electron chi connectivity index (χ3n) is 4.27. The molecule has 1 atom stereocenters. The monoisotopic (exact) mass is 511 g/mol. The summed E-state index contributed by atoms with van der Waals surface area (Å²) >= 11 is 6.33. The van der Waals surface area contributed by atoms with Crippen molar-refractivity contribution in [1.82, 2.24) is 10.6 Å². The van der Waals surface area contributed by atoms with Crippen LogP contribution in [0, 0.1) is 0 Å². The highest BCUT2D eigenvalue weighted by atomic mass is 127. The van der Waals surface area contributed by atoms with E-state index in [2.05, 4.69) is 22.5 Å². The van der Waals surface area contributed by atoms with Crippen LogP contribution in [0.4, 0.5) is 0 Å². The lowest BCUT2D eigenvalue weighted by molar-refractivity contribution is 0.0243. The molecule has 1 aliphatic heterocycles. The summed E-state index contributed by atoms with van der Waals surface area (Å²) < 4.78 is 16.8. The van der Waals surface area contributed by atoms with Gasteiger partial charge in [-0.15, -0.1) is 24.0 Å². The largest absolute Gasteiger partial charge is 0.493 e. The molecule has 1 aromatic carbocycles. The predicted octanol–water partition coefficient (Wildman–Crippen LogP) is 3.99. The zero-order valence-corrected chi connectivity index (χ0v) is 19.6. The molecule has 6 nitrogen and oxygen atoms in total. The standard InChI is InChI=1S/C19H30ClN3O3.HI/c1-5-21-18(23-13-19(3)8-7-9-26-19)22-12-14-10-15(20)17(25-6-2)16(11-14)24-4;/h10-11H,5-9,12-13H2,1-4H3,(H2,21,22,23);1H. The van der Waals surface area contributed by atoms with Crippen LogP contribution in [0.5, 0.6) is 11.5 Å². The third kappa shape index (κ3) is 7.19. The minimum atomic E-state index is -0.123. The summed E-state index contributed by atoms with van der Waals surface area (Å²) in [6.45, 7) is 9.45. The van der Waals surface area contributed by atoms with E-state index in [-0.39, 0.29) is 29.6 Å². The van der Waals surface area contributed by atoms with Crippen LogP contribution in [-0.4, -0.2) is 45.0 Å². The number of hydrogen-bond donors (Lipinski definition) is 2. The highest BCUT2D eigenvalue weighted by Gasteiger charge is 2.29. The van der Waals surface area contributed by atoms with Crippen LogP contribution in [-0.2, 0) is 11.3 Å². The van der Waals surface area contributed by atoms with Crippen molar-refractivity contribution in [2.75, 3.05) is 33.4 Å². The maximum Gasteiger partial charge on any atom is 0.191 e. The molecule has 0 aromatic heterocycles. The average molecular weight is 512 g/mol. The lowest BCUT2D eigenvalue weighted by Gasteiger charge is -2.24. The molecule has 0 radical (unpaired) electrons. The Kier molecular flexibility index (Phi) is 10.5. The van der Waals surface area contributed by atoms with Crippen LogP contribution >= 0.6 is 35.6 Å². The molecule has 1 aromatic rings. The molecule has 1 aliphatic rings. The van der Waals surface area contributed by atoms with Gasteiger partial charge >= 0.3 is 0 Å². The molecule has 2 rings (SSSR count). The Labute approximate surface area is 184 Å². The molecule has 0 aliphatic carbocycles. The van der Waals surface area contributed by atoms with Crippen molar-refractivity contribution >= 4 is 41.5 Å². The normalized spacial score (nSPS) is 19.4. The molecule has 27 heavy (non-hydrogen) atoms. The highest BCUT2D eigenvalue weighted by molar-refractivity contribution is 14.0. The second-order valence-corrected chi connectivity index (χ2v) is 6.90. The molecule has 0 bridgehead atoms. The van der Waals surface area contributed by atoms with E-state index in [1.807, 2.05) is 26.0 Å². The summed E-state index contributed by atoms with van der Waals surface area (Å²) in [5.74, 6) is 1.95. The number of nitrogens with one attached hydrogen (secondary N) is 2. The molecule has 8 heteroatoms. The Morgan fingerprint density at radius 1 is 1.33 bits per heavy atom. The van der Waals surface area contributed by atoms with Crippen LogP contribution in [0.1, 0.15) is 39.2 Å². The summed E-state index contributed by atoms with van der Waals surface area (Å²) in [6, 6.07) is 3.77. The second-order valence-electron chi connectivity index (χ2n) is 6.49. The first-order valence-corrected chi connectivity index (χ1v) is 9.54. The van der Waals surface area contributed by atoms with Gasteiger partial charge in [-0.1, -0.05) is 11.6 Å². The van der Waals surface area contributed by atoms with Crippen LogP contribution in [0.25, 0.3) is 0 Å². The Morgan fingerprint density at radius 3 is 2.70 bits per heavy atom. The number of ether oxygens (including phenoxy) is 3. The molecular formula is C19H31ClIN3O3. The van der Waals surface area contributed by atoms with E-state index < -0.39 is 0 Å². The van der Waals surface area contributed by atoms with Crippen LogP contribution < -0.4 is 20.1 Å². The van der Waals surface area contributed by atoms with Gasteiger partial charge in [-0.2, -0.15) is 0 Å². The Balaban J connectivity index is 0.00000364. The van der Waals surface area contributed by atoms with Crippen molar-refractivity contribution in [3.8, 4) is 11.5 Å². The molecule has 1 heterocycles. The number of methoxy groups -OCH3 is 1. The number of hydrogen-bond acceptors (Lipinski definition) is 4. The van der Waals surface area contributed by atoms with Gasteiger partial charge in [-0.05, 0) is 51.3 Å². The van der Waals surface area contributed by atoms with E-state index in [1.165, 1.54) is 0 Å².